The SMILES string of the molecule is COCCN(CCO)C(=O)c1ccc(Br)cc1OC. The van der Waals surface area contributed by atoms with Crippen LogP contribution < -0.4 is 4.74 Å². The average molecular weight is 332 g/mol. The number of amides is 1. The highest BCUT2D eigenvalue weighted by atomic mass is 79.9. The highest BCUT2D eigenvalue weighted by molar-refractivity contribution is 9.10. The van der Waals surface area contributed by atoms with E-state index in [1.165, 1.54) is 12.0 Å². The van der Waals surface area contributed by atoms with Gasteiger partial charge in [-0.1, -0.05) is 15.9 Å². The van der Waals surface area contributed by atoms with Gasteiger partial charge in [-0.05, 0) is 18.2 Å². The summed E-state index contributed by atoms with van der Waals surface area (Å²) in [6.45, 7) is 1.02. The average Bonchev–Trinajstić information content (AvgIpc) is 2.42. The van der Waals surface area contributed by atoms with Gasteiger partial charge in [-0.15, -0.1) is 0 Å². The molecule has 1 aromatic carbocycles. The first-order valence-corrected chi connectivity index (χ1v) is 6.66. The minimum atomic E-state index is -0.185. The van der Waals surface area contributed by atoms with E-state index in [2.05, 4.69) is 15.9 Å². The molecule has 6 heteroatoms. The lowest BCUT2D eigenvalue weighted by molar-refractivity contribution is 0.0653. The van der Waals surface area contributed by atoms with Crippen molar-refractivity contribution in [3.8, 4) is 5.75 Å². The van der Waals surface area contributed by atoms with Crippen molar-refractivity contribution in [3.63, 3.8) is 0 Å². The maximum Gasteiger partial charge on any atom is 0.257 e. The number of hydrogen-bond donors (Lipinski definition) is 1. The summed E-state index contributed by atoms with van der Waals surface area (Å²) in [5.74, 6) is 0.315. The fraction of sp³-hybridized carbons (Fsp3) is 0.462. The Morgan fingerprint density at radius 1 is 1.37 bits per heavy atom. The predicted molar refractivity (Wildman–Crippen MR) is 75.6 cm³/mol. The first kappa shape index (κ1) is 15.9. The summed E-state index contributed by atoms with van der Waals surface area (Å²) in [7, 11) is 3.09. The monoisotopic (exact) mass is 331 g/mol. The normalized spacial score (nSPS) is 10.3. The van der Waals surface area contributed by atoms with E-state index in [1.54, 1.807) is 25.3 Å². The third-order valence-corrected chi connectivity index (χ3v) is 3.11. The fourth-order valence-corrected chi connectivity index (χ4v) is 1.99. The summed E-state index contributed by atoms with van der Waals surface area (Å²) < 4.78 is 11.0. The number of carbonyl (C=O) groups excluding carboxylic acids is 1. The maximum absolute atomic E-state index is 12.4. The molecule has 0 aromatic heterocycles. The molecule has 0 aliphatic heterocycles. The van der Waals surface area contributed by atoms with E-state index in [0.717, 1.165) is 4.47 Å². The number of nitrogens with zero attached hydrogens (tertiary/aromatic N) is 1. The van der Waals surface area contributed by atoms with Gasteiger partial charge in [-0.2, -0.15) is 0 Å². The molecule has 5 nitrogen and oxygen atoms in total. The fourth-order valence-electron chi connectivity index (χ4n) is 1.65. The van der Waals surface area contributed by atoms with Gasteiger partial charge in [0.25, 0.3) is 5.91 Å². The van der Waals surface area contributed by atoms with Crippen LogP contribution in [0.1, 0.15) is 10.4 Å². The molecular weight excluding hydrogens is 314 g/mol. The standard InChI is InChI=1S/C13H18BrNO4/c1-18-8-6-15(5-7-16)13(17)11-4-3-10(14)9-12(11)19-2/h3-4,9,16H,5-8H2,1-2H3. The van der Waals surface area contributed by atoms with E-state index in [0.29, 0.717) is 24.5 Å². The molecule has 0 atom stereocenters. The molecule has 106 valence electrons. The van der Waals surface area contributed by atoms with Crippen LogP contribution in [0.5, 0.6) is 5.75 Å². The molecule has 0 aliphatic rings. The zero-order chi connectivity index (χ0) is 14.3. The predicted octanol–water partition coefficient (Wildman–Crippen LogP) is 1.54. The third kappa shape index (κ3) is 4.49. The number of aliphatic hydroxyl groups is 1. The minimum absolute atomic E-state index is 0.0890. The van der Waals surface area contributed by atoms with Gasteiger partial charge in [0, 0.05) is 24.7 Å². The van der Waals surface area contributed by atoms with Gasteiger partial charge in [0.15, 0.2) is 0 Å². The van der Waals surface area contributed by atoms with Crippen LogP contribution in [0.2, 0.25) is 0 Å². The molecular formula is C13H18BrNO4. The molecule has 1 aromatic rings. The van der Waals surface area contributed by atoms with E-state index in [-0.39, 0.29) is 19.1 Å². The Balaban J connectivity index is 2.94. The van der Waals surface area contributed by atoms with Gasteiger partial charge >= 0.3 is 0 Å². The van der Waals surface area contributed by atoms with Crippen LogP contribution >= 0.6 is 15.9 Å². The molecule has 1 N–H and O–H groups in total. The van der Waals surface area contributed by atoms with Gasteiger partial charge in [0.1, 0.15) is 5.75 Å². The molecule has 0 unspecified atom stereocenters. The van der Waals surface area contributed by atoms with Crippen LogP contribution in [0.3, 0.4) is 0 Å². The van der Waals surface area contributed by atoms with Crippen LogP contribution in [0.15, 0.2) is 22.7 Å². The Kier molecular flexibility index (Phi) is 6.83. The van der Waals surface area contributed by atoms with E-state index < -0.39 is 0 Å². The summed E-state index contributed by atoms with van der Waals surface area (Å²) in [5.41, 5.74) is 0.468. The zero-order valence-corrected chi connectivity index (χ0v) is 12.6. The zero-order valence-electron chi connectivity index (χ0n) is 11.1. The maximum atomic E-state index is 12.4. The quantitative estimate of drug-likeness (QED) is 0.823. The van der Waals surface area contributed by atoms with E-state index >= 15 is 0 Å². The number of methoxy groups -OCH3 is 2. The van der Waals surface area contributed by atoms with Crippen LogP contribution in [0.25, 0.3) is 0 Å². The molecule has 0 radical (unpaired) electrons. The van der Waals surface area contributed by atoms with Crippen LogP contribution in [0, 0.1) is 0 Å². The smallest absolute Gasteiger partial charge is 0.257 e. The molecule has 0 aliphatic carbocycles. The Morgan fingerprint density at radius 2 is 2.11 bits per heavy atom. The van der Waals surface area contributed by atoms with Crippen molar-refractivity contribution in [2.24, 2.45) is 0 Å². The lowest BCUT2D eigenvalue weighted by atomic mass is 10.1. The van der Waals surface area contributed by atoms with Crippen molar-refractivity contribution in [1.82, 2.24) is 4.90 Å². The molecule has 0 heterocycles. The molecule has 1 rings (SSSR count). The van der Waals surface area contributed by atoms with Crippen LogP contribution in [-0.4, -0.2) is 56.4 Å². The van der Waals surface area contributed by atoms with Crippen molar-refractivity contribution in [2.45, 2.75) is 0 Å². The largest absolute Gasteiger partial charge is 0.496 e. The topological polar surface area (TPSA) is 59.0 Å². The Hall–Kier alpha value is -1.11. The summed E-state index contributed by atoms with van der Waals surface area (Å²) in [6.07, 6.45) is 0. The number of carbonyl (C=O) groups is 1. The van der Waals surface area contributed by atoms with E-state index in [4.69, 9.17) is 14.6 Å². The number of halogens is 1. The second kappa shape index (κ2) is 8.14. The summed E-state index contributed by atoms with van der Waals surface area (Å²) >= 11 is 3.33. The number of ether oxygens (including phenoxy) is 2. The number of hydrogen-bond acceptors (Lipinski definition) is 4. The first-order valence-electron chi connectivity index (χ1n) is 5.86. The van der Waals surface area contributed by atoms with E-state index in [1.807, 2.05) is 0 Å². The number of benzene rings is 1. The highest BCUT2D eigenvalue weighted by Crippen LogP contribution is 2.24. The van der Waals surface area contributed by atoms with Crippen molar-refractivity contribution >= 4 is 21.8 Å². The van der Waals surface area contributed by atoms with Gasteiger partial charge < -0.3 is 19.5 Å². The van der Waals surface area contributed by atoms with Crippen molar-refractivity contribution in [2.75, 3.05) is 40.5 Å². The molecule has 0 fully saturated rings. The minimum Gasteiger partial charge on any atom is -0.496 e. The van der Waals surface area contributed by atoms with Crippen LogP contribution in [-0.2, 0) is 4.74 Å². The number of aliphatic hydroxyl groups excluding tert-OH is 1. The molecule has 1 amide bonds. The Morgan fingerprint density at radius 3 is 2.68 bits per heavy atom. The lowest BCUT2D eigenvalue weighted by Crippen LogP contribution is -2.36. The van der Waals surface area contributed by atoms with Gasteiger partial charge in [0.2, 0.25) is 0 Å². The molecule has 0 saturated heterocycles. The van der Waals surface area contributed by atoms with Crippen molar-refractivity contribution in [1.29, 1.82) is 0 Å². The van der Waals surface area contributed by atoms with Gasteiger partial charge in [-0.25, -0.2) is 0 Å². The first-order chi connectivity index (χ1) is 9.13. The Labute approximate surface area is 121 Å². The van der Waals surface area contributed by atoms with Crippen molar-refractivity contribution in [3.05, 3.63) is 28.2 Å². The second-order valence-corrected chi connectivity index (χ2v) is 4.77. The molecule has 0 bridgehead atoms. The molecule has 0 saturated carbocycles. The summed E-state index contributed by atoms with van der Waals surface area (Å²) in [4.78, 5) is 13.9. The summed E-state index contributed by atoms with van der Waals surface area (Å²) in [6, 6.07) is 5.21. The second-order valence-electron chi connectivity index (χ2n) is 3.85. The van der Waals surface area contributed by atoms with Gasteiger partial charge in [-0.3, -0.25) is 4.79 Å². The third-order valence-electron chi connectivity index (χ3n) is 2.62. The van der Waals surface area contributed by atoms with E-state index in [9.17, 15) is 4.79 Å². The van der Waals surface area contributed by atoms with Crippen molar-refractivity contribution < 1.29 is 19.4 Å². The molecule has 0 spiro atoms. The lowest BCUT2D eigenvalue weighted by Gasteiger charge is -2.22. The summed E-state index contributed by atoms with van der Waals surface area (Å²) in [5, 5.41) is 9.03. The highest BCUT2D eigenvalue weighted by Gasteiger charge is 2.19. The van der Waals surface area contributed by atoms with Gasteiger partial charge in [0.05, 0.1) is 25.9 Å². The molecule has 19 heavy (non-hydrogen) atoms. The van der Waals surface area contributed by atoms with Crippen LogP contribution in [0.4, 0.5) is 0 Å². The Bertz CT molecular complexity index is 425. The number of rotatable bonds is 7.